The second-order valence-corrected chi connectivity index (χ2v) is 7.77. The molecule has 2 aromatic heterocycles. The Balaban J connectivity index is 1.39. The summed E-state index contributed by atoms with van der Waals surface area (Å²) in [5.74, 6) is 2.52. The first-order valence-corrected chi connectivity index (χ1v) is 10.3. The molecule has 1 aliphatic carbocycles. The van der Waals surface area contributed by atoms with E-state index in [0.29, 0.717) is 12.5 Å². The molecule has 4 nitrogen and oxygen atoms in total. The molecule has 0 aliphatic heterocycles. The van der Waals surface area contributed by atoms with E-state index >= 15 is 0 Å². The van der Waals surface area contributed by atoms with Gasteiger partial charge in [0, 0.05) is 17.7 Å². The molecule has 1 aliphatic rings. The SMILES string of the molecule is c1ccc2cc(OCc3cccn4c(C5CCCCCC5)nnc34)ccc2c1. The molecule has 1 fully saturated rings. The predicted molar refractivity (Wildman–Crippen MR) is 112 cm³/mol. The first kappa shape index (κ1) is 17.2. The molecule has 1 saturated carbocycles. The molecule has 0 N–H and O–H groups in total. The lowest BCUT2D eigenvalue weighted by atomic mass is 9.99. The summed E-state index contributed by atoms with van der Waals surface area (Å²) >= 11 is 0. The number of nitrogens with zero attached hydrogens (tertiary/aromatic N) is 3. The maximum Gasteiger partial charge on any atom is 0.167 e. The summed E-state index contributed by atoms with van der Waals surface area (Å²) in [6.45, 7) is 0.492. The maximum atomic E-state index is 6.10. The second kappa shape index (κ2) is 7.63. The number of aromatic nitrogens is 3. The quantitative estimate of drug-likeness (QED) is 0.419. The van der Waals surface area contributed by atoms with Crippen molar-refractivity contribution >= 4 is 16.4 Å². The third kappa shape index (κ3) is 3.35. The van der Waals surface area contributed by atoms with Gasteiger partial charge >= 0.3 is 0 Å². The highest BCUT2D eigenvalue weighted by Gasteiger charge is 2.20. The summed E-state index contributed by atoms with van der Waals surface area (Å²) in [5.41, 5.74) is 1.99. The summed E-state index contributed by atoms with van der Waals surface area (Å²) in [7, 11) is 0. The molecule has 28 heavy (non-hydrogen) atoms. The normalized spacial score (nSPS) is 15.7. The van der Waals surface area contributed by atoms with Crippen molar-refractivity contribution in [3.63, 3.8) is 0 Å². The van der Waals surface area contributed by atoms with Gasteiger partial charge in [-0.15, -0.1) is 10.2 Å². The van der Waals surface area contributed by atoms with Crippen LogP contribution in [0.5, 0.6) is 5.75 Å². The molecule has 0 unspecified atom stereocenters. The summed E-state index contributed by atoms with van der Waals surface area (Å²) in [6, 6.07) is 18.7. The lowest BCUT2D eigenvalue weighted by Gasteiger charge is -2.12. The fourth-order valence-corrected chi connectivity index (χ4v) is 4.34. The maximum absolute atomic E-state index is 6.10. The van der Waals surface area contributed by atoms with Crippen molar-refractivity contribution in [3.8, 4) is 5.75 Å². The van der Waals surface area contributed by atoms with Crippen LogP contribution in [0.2, 0.25) is 0 Å². The highest BCUT2D eigenvalue weighted by atomic mass is 16.5. The fourth-order valence-electron chi connectivity index (χ4n) is 4.34. The van der Waals surface area contributed by atoms with E-state index in [1.54, 1.807) is 0 Å². The minimum atomic E-state index is 0.492. The monoisotopic (exact) mass is 371 g/mol. The Kier molecular flexibility index (Phi) is 4.69. The Morgan fingerprint density at radius 2 is 1.68 bits per heavy atom. The van der Waals surface area contributed by atoms with E-state index in [1.807, 2.05) is 6.07 Å². The standard InChI is InChI=1S/C24H25N3O/c1-2-4-10-19(9-3-1)23-25-26-24-21(12-7-15-27(23)24)17-28-22-14-13-18-8-5-6-11-20(18)16-22/h5-8,11-16,19H,1-4,9-10,17H2. The average molecular weight is 371 g/mol. The molecule has 0 atom stereocenters. The smallest absolute Gasteiger partial charge is 0.167 e. The van der Waals surface area contributed by atoms with Crippen molar-refractivity contribution in [3.05, 3.63) is 72.2 Å². The number of benzene rings is 2. The number of hydrogen-bond acceptors (Lipinski definition) is 3. The third-order valence-corrected chi connectivity index (χ3v) is 5.88. The van der Waals surface area contributed by atoms with Crippen LogP contribution in [0.25, 0.3) is 16.4 Å². The Bertz CT molecular complexity index is 1090. The molecule has 0 bridgehead atoms. The van der Waals surface area contributed by atoms with Gasteiger partial charge in [0.15, 0.2) is 5.65 Å². The zero-order valence-corrected chi connectivity index (χ0v) is 16.1. The second-order valence-electron chi connectivity index (χ2n) is 7.77. The van der Waals surface area contributed by atoms with E-state index in [-0.39, 0.29) is 0 Å². The van der Waals surface area contributed by atoms with Crippen LogP contribution in [0.1, 0.15) is 55.8 Å². The number of pyridine rings is 1. The first-order valence-electron chi connectivity index (χ1n) is 10.3. The Morgan fingerprint density at radius 3 is 2.54 bits per heavy atom. The molecule has 2 aromatic carbocycles. The summed E-state index contributed by atoms with van der Waals surface area (Å²) in [5, 5.41) is 11.5. The summed E-state index contributed by atoms with van der Waals surface area (Å²) in [6.07, 6.45) is 9.82. The van der Waals surface area contributed by atoms with Crippen LogP contribution in [0, 0.1) is 0 Å². The lowest BCUT2D eigenvalue weighted by Crippen LogP contribution is -2.05. The number of rotatable bonds is 4. The van der Waals surface area contributed by atoms with Crippen molar-refractivity contribution in [2.45, 2.75) is 51.0 Å². The Hall–Kier alpha value is -2.88. The zero-order chi connectivity index (χ0) is 18.8. The molecular formula is C24H25N3O. The molecule has 4 heteroatoms. The van der Waals surface area contributed by atoms with E-state index in [0.717, 1.165) is 22.8 Å². The van der Waals surface area contributed by atoms with Crippen LogP contribution in [0.3, 0.4) is 0 Å². The van der Waals surface area contributed by atoms with E-state index in [2.05, 4.69) is 69.3 Å². The van der Waals surface area contributed by atoms with Gasteiger partial charge in [0.2, 0.25) is 0 Å². The van der Waals surface area contributed by atoms with E-state index in [9.17, 15) is 0 Å². The Labute approximate surface area is 165 Å². The van der Waals surface area contributed by atoms with Gasteiger partial charge in [0.25, 0.3) is 0 Å². The molecule has 0 spiro atoms. The largest absolute Gasteiger partial charge is 0.489 e. The highest BCUT2D eigenvalue weighted by molar-refractivity contribution is 5.83. The molecule has 142 valence electrons. The van der Waals surface area contributed by atoms with E-state index < -0.39 is 0 Å². The van der Waals surface area contributed by atoms with Crippen molar-refractivity contribution < 1.29 is 4.74 Å². The van der Waals surface area contributed by atoms with Gasteiger partial charge in [0.05, 0.1) is 0 Å². The van der Waals surface area contributed by atoms with Crippen molar-refractivity contribution in [2.75, 3.05) is 0 Å². The van der Waals surface area contributed by atoms with Crippen molar-refractivity contribution in [2.24, 2.45) is 0 Å². The van der Waals surface area contributed by atoms with Gasteiger partial charge in [-0.2, -0.15) is 0 Å². The minimum Gasteiger partial charge on any atom is -0.489 e. The molecule has 5 rings (SSSR count). The van der Waals surface area contributed by atoms with Crippen LogP contribution in [-0.4, -0.2) is 14.6 Å². The lowest BCUT2D eigenvalue weighted by molar-refractivity contribution is 0.307. The topological polar surface area (TPSA) is 39.4 Å². The number of hydrogen-bond donors (Lipinski definition) is 0. The van der Waals surface area contributed by atoms with E-state index in [1.165, 1.54) is 49.3 Å². The fraction of sp³-hybridized carbons (Fsp3) is 0.333. The van der Waals surface area contributed by atoms with Crippen LogP contribution < -0.4 is 4.74 Å². The molecule has 4 aromatic rings. The molecule has 0 saturated heterocycles. The molecular weight excluding hydrogens is 346 g/mol. The summed E-state index contributed by atoms with van der Waals surface area (Å²) in [4.78, 5) is 0. The zero-order valence-electron chi connectivity index (χ0n) is 16.1. The molecule has 0 radical (unpaired) electrons. The first-order chi connectivity index (χ1) is 13.9. The number of fused-ring (bicyclic) bond motifs is 2. The predicted octanol–water partition coefficient (Wildman–Crippen LogP) is 5.90. The van der Waals surface area contributed by atoms with Crippen LogP contribution in [0.15, 0.2) is 60.8 Å². The third-order valence-electron chi connectivity index (χ3n) is 5.88. The molecule has 2 heterocycles. The highest BCUT2D eigenvalue weighted by Crippen LogP contribution is 2.31. The van der Waals surface area contributed by atoms with Crippen molar-refractivity contribution in [1.82, 2.24) is 14.6 Å². The van der Waals surface area contributed by atoms with Gasteiger partial charge in [-0.05, 0) is 41.8 Å². The Morgan fingerprint density at radius 1 is 0.857 bits per heavy atom. The van der Waals surface area contributed by atoms with E-state index in [4.69, 9.17) is 4.74 Å². The minimum absolute atomic E-state index is 0.492. The average Bonchev–Trinajstić information content (AvgIpc) is 2.99. The van der Waals surface area contributed by atoms with Crippen molar-refractivity contribution in [1.29, 1.82) is 0 Å². The van der Waals surface area contributed by atoms with Crippen LogP contribution in [-0.2, 0) is 6.61 Å². The van der Waals surface area contributed by atoms with Gasteiger partial charge in [-0.1, -0.05) is 62.1 Å². The summed E-state index contributed by atoms with van der Waals surface area (Å²) < 4.78 is 8.28. The van der Waals surface area contributed by atoms with Gasteiger partial charge in [0.1, 0.15) is 18.2 Å². The van der Waals surface area contributed by atoms with Gasteiger partial charge in [-0.25, -0.2) is 0 Å². The van der Waals surface area contributed by atoms with Crippen LogP contribution in [0.4, 0.5) is 0 Å². The molecule has 0 amide bonds. The number of ether oxygens (including phenoxy) is 1. The van der Waals surface area contributed by atoms with Gasteiger partial charge in [-0.3, -0.25) is 4.40 Å². The van der Waals surface area contributed by atoms with Crippen LogP contribution >= 0.6 is 0 Å². The van der Waals surface area contributed by atoms with Gasteiger partial charge < -0.3 is 4.74 Å².